The summed E-state index contributed by atoms with van der Waals surface area (Å²) in [4.78, 5) is 11.7. The molecule has 0 spiro atoms. The maximum atomic E-state index is 11.7. The first-order chi connectivity index (χ1) is 9.04. The van der Waals surface area contributed by atoms with Crippen LogP contribution in [0.25, 0.3) is 0 Å². The van der Waals surface area contributed by atoms with Gasteiger partial charge in [0.15, 0.2) is 0 Å². The monoisotopic (exact) mass is 300 g/mol. The molecular formula is C15H25ClN2O2. The van der Waals surface area contributed by atoms with Crippen LogP contribution in [-0.4, -0.2) is 19.1 Å². The Labute approximate surface area is 127 Å². The van der Waals surface area contributed by atoms with Crippen LogP contribution in [0.1, 0.15) is 26.3 Å². The molecular weight excluding hydrogens is 276 g/mol. The van der Waals surface area contributed by atoms with Gasteiger partial charge < -0.3 is 15.8 Å². The Morgan fingerprint density at radius 2 is 1.95 bits per heavy atom. The fourth-order valence-corrected chi connectivity index (χ4v) is 1.51. The zero-order valence-electron chi connectivity index (χ0n) is 12.4. The minimum Gasteiger partial charge on any atom is -0.493 e. The molecule has 0 saturated heterocycles. The molecule has 4 nitrogen and oxygen atoms in total. The first-order valence-electron chi connectivity index (χ1n) is 6.73. The molecule has 0 saturated carbocycles. The second-order valence-corrected chi connectivity index (χ2v) is 5.17. The van der Waals surface area contributed by atoms with E-state index in [1.54, 1.807) is 0 Å². The lowest BCUT2D eigenvalue weighted by Gasteiger charge is -2.14. The second kappa shape index (κ2) is 9.61. The average molecular weight is 301 g/mol. The first-order valence-corrected chi connectivity index (χ1v) is 6.73. The van der Waals surface area contributed by atoms with Crippen molar-refractivity contribution >= 4 is 18.3 Å². The topological polar surface area (TPSA) is 64.3 Å². The largest absolute Gasteiger partial charge is 0.493 e. The van der Waals surface area contributed by atoms with Crippen LogP contribution in [0.4, 0.5) is 0 Å². The number of para-hydroxylation sites is 1. The van der Waals surface area contributed by atoms with Crippen molar-refractivity contribution in [3.8, 4) is 5.75 Å². The summed E-state index contributed by atoms with van der Waals surface area (Å²) in [7, 11) is 0. The Balaban J connectivity index is 0.00000361. The van der Waals surface area contributed by atoms with Gasteiger partial charge in [-0.25, -0.2) is 0 Å². The van der Waals surface area contributed by atoms with Gasteiger partial charge in [0.2, 0.25) is 5.91 Å². The van der Waals surface area contributed by atoms with E-state index in [4.69, 9.17) is 10.5 Å². The lowest BCUT2D eigenvalue weighted by molar-refractivity contribution is -0.124. The molecule has 0 aliphatic rings. The molecule has 1 rings (SSSR count). The smallest absolute Gasteiger partial charge is 0.224 e. The Morgan fingerprint density at radius 3 is 2.55 bits per heavy atom. The highest BCUT2D eigenvalue weighted by Gasteiger charge is 2.11. The van der Waals surface area contributed by atoms with Gasteiger partial charge in [-0.15, -0.1) is 12.4 Å². The van der Waals surface area contributed by atoms with Crippen LogP contribution in [0.15, 0.2) is 24.3 Å². The lowest BCUT2D eigenvalue weighted by atomic mass is 10.1. The van der Waals surface area contributed by atoms with Crippen LogP contribution in [0, 0.1) is 11.8 Å². The quantitative estimate of drug-likeness (QED) is 0.812. The number of carbonyl (C=O) groups excluding carboxylic acids is 1. The number of halogens is 1. The van der Waals surface area contributed by atoms with E-state index in [2.05, 4.69) is 19.2 Å². The lowest BCUT2D eigenvalue weighted by Crippen LogP contribution is -2.32. The number of carbonyl (C=O) groups is 1. The van der Waals surface area contributed by atoms with Crippen molar-refractivity contribution in [1.82, 2.24) is 5.32 Å². The van der Waals surface area contributed by atoms with E-state index in [0.29, 0.717) is 25.6 Å². The third kappa shape index (κ3) is 6.26. The van der Waals surface area contributed by atoms with Crippen molar-refractivity contribution in [3.05, 3.63) is 29.8 Å². The zero-order valence-corrected chi connectivity index (χ0v) is 13.2. The number of rotatable bonds is 7. The number of benzene rings is 1. The zero-order chi connectivity index (χ0) is 14.3. The van der Waals surface area contributed by atoms with Gasteiger partial charge in [-0.05, 0) is 12.0 Å². The first kappa shape index (κ1) is 18.7. The highest BCUT2D eigenvalue weighted by atomic mass is 35.5. The summed E-state index contributed by atoms with van der Waals surface area (Å²) in [5.41, 5.74) is 6.45. The molecule has 114 valence electrons. The highest BCUT2D eigenvalue weighted by Crippen LogP contribution is 2.18. The molecule has 1 amide bonds. The third-order valence-corrected chi connectivity index (χ3v) is 2.80. The minimum atomic E-state index is -0.163. The van der Waals surface area contributed by atoms with Crippen molar-refractivity contribution in [2.45, 2.75) is 27.3 Å². The molecule has 3 N–H and O–H groups in total. The summed E-state index contributed by atoms with van der Waals surface area (Å²) >= 11 is 0. The standard InChI is InChI=1S/C15H24N2O2.ClH/c1-11(2)10-19-14-7-5-4-6-13(14)9-17-15(18)12(3)8-16;/h4-7,11-12H,8-10,16H2,1-3H3,(H,17,18);1H. The molecule has 0 aliphatic carbocycles. The Hall–Kier alpha value is -1.26. The van der Waals surface area contributed by atoms with Gasteiger partial charge in [0.25, 0.3) is 0 Å². The van der Waals surface area contributed by atoms with Gasteiger partial charge in [-0.1, -0.05) is 39.0 Å². The van der Waals surface area contributed by atoms with Gasteiger partial charge in [0.05, 0.1) is 6.61 Å². The summed E-state index contributed by atoms with van der Waals surface area (Å²) in [6.45, 7) is 7.52. The van der Waals surface area contributed by atoms with E-state index >= 15 is 0 Å². The van der Waals surface area contributed by atoms with E-state index in [1.807, 2.05) is 31.2 Å². The van der Waals surface area contributed by atoms with Crippen LogP contribution in [0.5, 0.6) is 5.75 Å². The summed E-state index contributed by atoms with van der Waals surface area (Å²) in [5.74, 6) is 1.11. The predicted molar refractivity (Wildman–Crippen MR) is 84.1 cm³/mol. The molecule has 5 heteroatoms. The molecule has 0 fully saturated rings. The number of nitrogens with one attached hydrogen (secondary N) is 1. The summed E-state index contributed by atoms with van der Waals surface area (Å²) in [6, 6.07) is 7.76. The maximum absolute atomic E-state index is 11.7. The van der Waals surface area contributed by atoms with E-state index in [1.165, 1.54) is 0 Å². The van der Waals surface area contributed by atoms with Crippen LogP contribution in [0.3, 0.4) is 0 Å². The summed E-state index contributed by atoms with van der Waals surface area (Å²) in [5, 5.41) is 2.88. The van der Waals surface area contributed by atoms with Gasteiger partial charge in [-0.3, -0.25) is 4.79 Å². The van der Waals surface area contributed by atoms with E-state index in [9.17, 15) is 4.79 Å². The van der Waals surface area contributed by atoms with E-state index in [-0.39, 0.29) is 24.2 Å². The van der Waals surface area contributed by atoms with Crippen LogP contribution >= 0.6 is 12.4 Å². The van der Waals surface area contributed by atoms with Crippen molar-refractivity contribution in [3.63, 3.8) is 0 Å². The fraction of sp³-hybridized carbons (Fsp3) is 0.533. The molecule has 0 aliphatic heterocycles. The average Bonchev–Trinajstić information content (AvgIpc) is 2.42. The Bertz CT molecular complexity index is 411. The van der Waals surface area contributed by atoms with Crippen LogP contribution in [-0.2, 0) is 11.3 Å². The summed E-state index contributed by atoms with van der Waals surface area (Å²) < 4.78 is 5.74. The second-order valence-electron chi connectivity index (χ2n) is 5.17. The number of nitrogens with two attached hydrogens (primary N) is 1. The van der Waals surface area contributed by atoms with Crippen molar-refractivity contribution in [1.29, 1.82) is 0 Å². The molecule has 0 heterocycles. The van der Waals surface area contributed by atoms with Crippen molar-refractivity contribution in [2.75, 3.05) is 13.2 Å². The molecule has 1 aromatic carbocycles. The van der Waals surface area contributed by atoms with Crippen molar-refractivity contribution < 1.29 is 9.53 Å². The summed E-state index contributed by atoms with van der Waals surface area (Å²) in [6.07, 6.45) is 0. The van der Waals surface area contributed by atoms with Gasteiger partial charge in [0.1, 0.15) is 5.75 Å². The van der Waals surface area contributed by atoms with Gasteiger partial charge in [0, 0.05) is 24.6 Å². The highest BCUT2D eigenvalue weighted by molar-refractivity contribution is 5.85. The molecule has 0 aromatic heterocycles. The minimum absolute atomic E-state index is 0. The van der Waals surface area contributed by atoms with E-state index in [0.717, 1.165) is 11.3 Å². The van der Waals surface area contributed by atoms with E-state index < -0.39 is 0 Å². The molecule has 20 heavy (non-hydrogen) atoms. The molecule has 1 unspecified atom stereocenters. The molecule has 0 bridgehead atoms. The molecule has 1 atom stereocenters. The number of hydrogen-bond donors (Lipinski definition) is 2. The van der Waals surface area contributed by atoms with Gasteiger partial charge >= 0.3 is 0 Å². The van der Waals surface area contributed by atoms with Crippen LogP contribution < -0.4 is 15.8 Å². The fourth-order valence-electron chi connectivity index (χ4n) is 1.51. The predicted octanol–water partition coefficient (Wildman–Crippen LogP) is 2.35. The number of amides is 1. The number of ether oxygens (including phenoxy) is 1. The Morgan fingerprint density at radius 1 is 1.30 bits per heavy atom. The maximum Gasteiger partial charge on any atom is 0.224 e. The Kier molecular flexibility index (Phi) is 9.01. The molecule has 0 radical (unpaired) electrons. The third-order valence-electron chi connectivity index (χ3n) is 2.80. The van der Waals surface area contributed by atoms with Crippen LogP contribution in [0.2, 0.25) is 0 Å². The SMILES string of the molecule is CC(C)COc1ccccc1CNC(=O)C(C)CN.Cl. The molecule has 1 aromatic rings. The van der Waals surface area contributed by atoms with Gasteiger partial charge in [-0.2, -0.15) is 0 Å². The van der Waals surface area contributed by atoms with Crippen molar-refractivity contribution in [2.24, 2.45) is 17.6 Å². The number of hydrogen-bond acceptors (Lipinski definition) is 3. The normalized spacial score (nSPS) is 11.7.